The van der Waals surface area contributed by atoms with Crippen LogP contribution in [0.25, 0.3) is 138 Å². The van der Waals surface area contributed by atoms with Crippen molar-refractivity contribution in [3.63, 3.8) is 0 Å². The normalized spacial score (nSPS) is 16.9. The van der Waals surface area contributed by atoms with Crippen LogP contribution in [-0.2, 0) is 0 Å². The van der Waals surface area contributed by atoms with Gasteiger partial charge in [0.25, 0.3) is 6.71 Å². The lowest BCUT2D eigenvalue weighted by Gasteiger charge is -2.44. The van der Waals surface area contributed by atoms with Crippen molar-refractivity contribution in [3.8, 4) is 50.4 Å². The molecule has 7 heteroatoms. The lowest BCUT2D eigenvalue weighted by Crippen LogP contribution is -2.61. The molecule has 2 aliphatic rings. The standard InChI is InChI=1S/C90H56BN5O/c1-4-24-57(25-5-1)60-50-61(58-26-6-2-7-27-58)52-65(51-60)94-84-55-63(92-76-38-16-10-30-66(76)67-31-11-17-39-77(67)92)46-48-74(84)91-75-49-47-64(93-78-40-18-12-32-68(78)69-33-13-19-41-79(69)93)56-85(75)96(87-54-62(53-86(94)88(87)91)59-28-8-3-9-29-59)83-45-23-37-73-72-36-22-44-82(89(72)97-90(73)83)95-80-42-20-14-34-70(80)71-35-15-21-43-81(71)95/h1-56H/i3D,8D,9D,10D,11D,12D,13D,14D,15D,16D,17D,18D,19D,20D,21D,28D,29D,30D,31D,32D,33D,34D,35D,38D,39D,40D,41D,42D,43D. The Morgan fingerprint density at radius 3 is 1.11 bits per heavy atom. The van der Waals surface area contributed by atoms with Gasteiger partial charge in [-0.15, -0.1) is 0 Å². The van der Waals surface area contributed by atoms with E-state index in [1.165, 1.54) is 13.7 Å². The summed E-state index contributed by atoms with van der Waals surface area (Å²) in [5.74, 6) is 0. The molecule has 2 aliphatic heterocycles. The molecule has 0 spiro atoms. The monoisotopic (exact) mass is 1260 g/mol. The predicted octanol–water partition coefficient (Wildman–Crippen LogP) is 22.0. The van der Waals surface area contributed by atoms with Crippen molar-refractivity contribution in [1.29, 1.82) is 0 Å². The maximum absolute atomic E-state index is 9.95. The second-order valence-corrected chi connectivity index (χ2v) is 23.8. The van der Waals surface area contributed by atoms with E-state index in [0.29, 0.717) is 49.7 Å². The summed E-state index contributed by atoms with van der Waals surface area (Å²) < 4.78 is 283. The zero-order valence-electron chi connectivity index (χ0n) is 79.3. The van der Waals surface area contributed by atoms with Crippen molar-refractivity contribution >= 4 is 145 Å². The Bertz CT molecular complexity index is 8000. The maximum atomic E-state index is 9.95. The van der Waals surface area contributed by atoms with Crippen LogP contribution in [0.3, 0.4) is 0 Å². The molecular weight excluding hydrogens is 1180 g/mol. The quantitative estimate of drug-likeness (QED) is 0.142. The third kappa shape index (κ3) is 7.91. The molecule has 6 heterocycles. The molecule has 0 saturated heterocycles. The van der Waals surface area contributed by atoms with Crippen molar-refractivity contribution in [3.05, 3.63) is 339 Å². The van der Waals surface area contributed by atoms with Crippen LogP contribution < -0.4 is 26.2 Å². The van der Waals surface area contributed by atoms with E-state index in [1.807, 2.05) is 83.8 Å². The summed E-state index contributed by atoms with van der Waals surface area (Å²) >= 11 is 0. The zero-order chi connectivity index (χ0) is 88.6. The van der Waals surface area contributed by atoms with Gasteiger partial charge in [-0.25, -0.2) is 0 Å². The second-order valence-electron chi connectivity index (χ2n) is 23.8. The van der Waals surface area contributed by atoms with Crippen LogP contribution >= 0.6 is 0 Å². The van der Waals surface area contributed by atoms with Gasteiger partial charge in [-0.05, 0) is 153 Å². The average Bonchev–Trinajstić information content (AvgIpc) is 0.940. The highest BCUT2D eigenvalue weighted by molar-refractivity contribution is 7.00. The molecule has 21 rings (SSSR count). The Balaban J connectivity index is 0.955. The van der Waals surface area contributed by atoms with Gasteiger partial charge < -0.3 is 27.9 Å². The third-order valence-corrected chi connectivity index (χ3v) is 18.8. The Labute approximate surface area is 600 Å². The molecule has 0 bridgehead atoms. The molecule has 0 radical (unpaired) electrons. The number of benzene rings is 15. The predicted molar refractivity (Wildman–Crippen MR) is 407 cm³/mol. The minimum absolute atomic E-state index is 0.000426. The van der Waals surface area contributed by atoms with Gasteiger partial charge in [-0.3, -0.25) is 0 Å². The van der Waals surface area contributed by atoms with Crippen LogP contribution in [0, 0.1) is 0 Å². The third-order valence-electron chi connectivity index (χ3n) is 18.8. The number of nitrogens with zero attached hydrogens (tertiary/aromatic N) is 5. The first kappa shape index (κ1) is 32.8. The number of rotatable bonds is 8. The summed E-state index contributed by atoms with van der Waals surface area (Å²) in [5, 5.41) is -0.607. The Kier molecular flexibility index (Phi) is 7.05. The molecule has 0 saturated carbocycles. The number of hydrogen-bond donors (Lipinski definition) is 0. The van der Waals surface area contributed by atoms with Gasteiger partial charge in [0.05, 0.1) is 84.2 Å². The Hall–Kier alpha value is -12.8. The fourth-order valence-electron chi connectivity index (χ4n) is 14.8. The molecule has 97 heavy (non-hydrogen) atoms. The summed E-state index contributed by atoms with van der Waals surface area (Å²) in [6.45, 7) is -1.10. The summed E-state index contributed by atoms with van der Waals surface area (Å²) in [7, 11) is 0. The van der Waals surface area contributed by atoms with Gasteiger partial charge in [0.2, 0.25) is 0 Å². The molecule has 0 atom stereocenters. The van der Waals surface area contributed by atoms with Gasteiger partial charge >= 0.3 is 0 Å². The highest BCUT2D eigenvalue weighted by atomic mass is 16.3. The molecule has 4 aromatic heterocycles. The molecule has 19 aromatic rings. The van der Waals surface area contributed by atoms with Crippen molar-refractivity contribution < 1.29 is 44.2 Å². The van der Waals surface area contributed by atoms with Gasteiger partial charge in [0.1, 0.15) is 0 Å². The zero-order valence-corrected chi connectivity index (χ0v) is 50.3. The first-order valence-electron chi connectivity index (χ1n) is 45.6. The average molecular weight is 1260 g/mol. The summed E-state index contributed by atoms with van der Waals surface area (Å²) in [4.78, 5) is 3.69. The minimum Gasteiger partial charge on any atom is -0.452 e. The van der Waals surface area contributed by atoms with Gasteiger partial charge in [-0.2, -0.15) is 0 Å². The molecule has 15 aromatic carbocycles. The van der Waals surface area contributed by atoms with E-state index in [0.717, 1.165) is 11.1 Å². The minimum atomic E-state index is -1.10. The van der Waals surface area contributed by atoms with E-state index in [4.69, 9.17) is 16.8 Å². The first-order chi connectivity index (χ1) is 60.2. The Morgan fingerprint density at radius 1 is 0.247 bits per heavy atom. The van der Waals surface area contributed by atoms with E-state index in [9.17, 15) is 27.4 Å². The van der Waals surface area contributed by atoms with E-state index in [2.05, 4.69) is 0 Å². The molecule has 0 unspecified atom stereocenters. The SMILES string of the molecule is [2H]c1c([2H])c([2H])c(-c2cc3c4c(c2)N(c2cccc5c2oc2c(-n6c7c([2H])c([2H])c([2H])c([2H])c7c7c([2H])c([2H])c([2H])c([2H])c76)cccc25)c2cc(-n5c6c([2H])c([2H])c([2H])c([2H])c6c6c([2H])c([2H])c([2H])c([2H])c65)ccc2B4c2ccc(-n4c5c([2H])c([2H])c([2H])c([2H])c5c5c([2H])c([2H])c([2H])c([2H])c54)cc2N3c2cc(-c3ccccc3)cc(-c3ccccc3)c2)c([2H])c1[2H]. The molecule has 0 N–H and O–H groups in total. The Morgan fingerprint density at radius 2 is 0.639 bits per heavy atom. The fraction of sp³-hybridized carbons (Fsp3) is 0. The largest absolute Gasteiger partial charge is 0.452 e. The number of anilines is 6. The fourth-order valence-corrected chi connectivity index (χ4v) is 14.8. The highest BCUT2D eigenvalue weighted by Crippen LogP contribution is 2.51. The molecule has 0 aliphatic carbocycles. The van der Waals surface area contributed by atoms with Crippen LogP contribution in [0.15, 0.2) is 343 Å². The van der Waals surface area contributed by atoms with Gasteiger partial charge in [0.15, 0.2) is 11.2 Å². The van der Waals surface area contributed by atoms with E-state index in [-0.39, 0.29) is 128 Å². The lowest BCUT2D eigenvalue weighted by molar-refractivity contribution is 0.666. The summed E-state index contributed by atoms with van der Waals surface area (Å²) in [6, 6.07) is 29.7. The van der Waals surface area contributed by atoms with E-state index in [1.54, 1.807) is 89.8 Å². The molecule has 0 amide bonds. The van der Waals surface area contributed by atoms with Crippen LogP contribution in [0.5, 0.6) is 0 Å². The van der Waals surface area contributed by atoms with E-state index >= 15 is 0 Å². The van der Waals surface area contributed by atoms with Gasteiger partial charge in [-0.1, -0.05) is 236 Å². The smallest absolute Gasteiger partial charge is 0.252 e. The summed E-state index contributed by atoms with van der Waals surface area (Å²) in [5.41, 5.74) is 4.29. The number of furan rings is 1. The van der Waals surface area contributed by atoms with Crippen LogP contribution in [0.4, 0.5) is 34.1 Å². The topological polar surface area (TPSA) is 34.4 Å². The van der Waals surface area contributed by atoms with E-state index < -0.39 is 182 Å². The lowest BCUT2D eigenvalue weighted by atomic mass is 9.33. The second kappa shape index (κ2) is 20.8. The molecular formula is C90H56BN5O. The number of fused-ring (bicyclic) bond motifs is 16. The van der Waals surface area contributed by atoms with Gasteiger partial charge in [0, 0.05) is 82.9 Å². The van der Waals surface area contributed by atoms with Crippen molar-refractivity contribution in [1.82, 2.24) is 13.7 Å². The molecule has 0 fully saturated rings. The summed E-state index contributed by atoms with van der Waals surface area (Å²) in [6.07, 6.45) is 0. The highest BCUT2D eigenvalue weighted by Gasteiger charge is 2.45. The molecule has 450 valence electrons. The first-order valence-corrected chi connectivity index (χ1v) is 31.1. The van der Waals surface area contributed by atoms with Crippen molar-refractivity contribution in [2.75, 3.05) is 9.80 Å². The number of para-hydroxylation sites is 8. The van der Waals surface area contributed by atoms with Crippen LogP contribution in [0.2, 0.25) is 0 Å². The van der Waals surface area contributed by atoms with Crippen molar-refractivity contribution in [2.45, 2.75) is 0 Å². The van der Waals surface area contributed by atoms with Crippen LogP contribution in [-0.4, -0.2) is 20.4 Å². The molecule has 6 nitrogen and oxygen atoms in total. The number of hydrogen-bond acceptors (Lipinski definition) is 3. The van der Waals surface area contributed by atoms with Crippen molar-refractivity contribution in [2.24, 2.45) is 0 Å². The number of aromatic nitrogens is 3. The van der Waals surface area contributed by atoms with Crippen LogP contribution in [0.1, 0.15) is 39.8 Å². The maximum Gasteiger partial charge on any atom is 0.252 e.